The van der Waals surface area contributed by atoms with Crippen LogP contribution < -0.4 is 0 Å². The summed E-state index contributed by atoms with van der Waals surface area (Å²) in [4.78, 5) is 2.23. The van der Waals surface area contributed by atoms with Gasteiger partial charge in [-0.1, -0.05) is 6.07 Å². The largest absolute Gasteiger partial charge is 0.303 e. The summed E-state index contributed by atoms with van der Waals surface area (Å²) in [7, 11) is -3.48. The van der Waals surface area contributed by atoms with Gasteiger partial charge in [0, 0.05) is 12.6 Å². The third-order valence-corrected chi connectivity index (χ3v) is 7.11. The molecule has 1 aliphatic rings. The lowest BCUT2D eigenvalue weighted by Crippen LogP contribution is -2.40. The fourth-order valence-electron chi connectivity index (χ4n) is 3.26. The summed E-state index contributed by atoms with van der Waals surface area (Å²) in [5, 5.41) is -0.494. The molecule has 2 aromatic rings. The summed E-state index contributed by atoms with van der Waals surface area (Å²) < 4.78 is 64.9. The Morgan fingerprint density at radius 2 is 1.52 bits per heavy atom. The first kappa shape index (κ1) is 21.7. The molecule has 0 aromatic heterocycles. The number of hydrogen-bond acceptors (Lipinski definition) is 3. The summed E-state index contributed by atoms with van der Waals surface area (Å²) >= 11 is 0. The Kier molecular flexibility index (Phi) is 7.31. The maximum Gasteiger partial charge on any atom is 0.181 e. The number of benzene rings is 2. The molecule has 27 heavy (non-hydrogen) atoms. The van der Waals surface area contributed by atoms with Crippen LogP contribution in [0.1, 0.15) is 18.4 Å². The van der Waals surface area contributed by atoms with Crippen molar-refractivity contribution in [1.82, 2.24) is 4.90 Å². The van der Waals surface area contributed by atoms with E-state index >= 15 is 0 Å². The summed E-state index contributed by atoms with van der Waals surface area (Å²) in [5.41, 5.74) is 0.451. The molecule has 0 saturated carbocycles. The van der Waals surface area contributed by atoms with Crippen molar-refractivity contribution in [3.63, 3.8) is 0 Å². The highest BCUT2D eigenvalue weighted by Gasteiger charge is 2.31. The SMILES string of the molecule is Cl.O=S(=O)(c1ccc(F)cc1)C1CCN(CCc2ccc(F)cc2F)CC1. The molecule has 0 bridgehead atoms. The number of likely N-dealkylation sites (tertiary alicyclic amines) is 1. The predicted molar refractivity (Wildman–Crippen MR) is 100 cm³/mol. The molecule has 0 atom stereocenters. The first-order valence-corrected chi connectivity index (χ1v) is 10.1. The fraction of sp³-hybridized carbons (Fsp3) is 0.368. The lowest BCUT2D eigenvalue weighted by molar-refractivity contribution is 0.232. The third-order valence-electron chi connectivity index (χ3n) is 4.83. The summed E-state index contributed by atoms with van der Waals surface area (Å²) in [6.07, 6.45) is 1.40. The average molecular weight is 420 g/mol. The highest BCUT2D eigenvalue weighted by molar-refractivity contribution is 7.92. The van der Waals surface area contributed by atoms with Gasteiger partial charge in [-0.25, -0.2) is 21.6 Å². The van der Waals surface area contributed by atoms with Gasteiger partial charge in [0.1, 0.15) is 17.5 Å². The first-order valence-electron chi connectivity index (χ1n) is 8.52. The molecule has 2 aromatic carbocycles. The van der Waals surface area contributed by atoms with Crippen molar-refractivity contribution in [2.75, 3.05) is 19.6 Å². The highest BCUT2D eigenvalue weighted by Crippen LogP contribution is 2.25. The van der Waals surface area contributed by atoms with Crippen LogP contribution in [0.3, 0.4) is 0 Å². The van der Waals surface area contributed by atoms with Gasteiger partial charge in [0.2, 0.25) is 0 Å². The van der Waals surface area contributed by atoms with Gasteiger partial charge < -0.3 is 4.90 Å². The van der Waals surface area contributed by atoms with E-state index in [4.69, 9.17) is 0 Å². The van der Waals surface area contributed by atoms with Crippen LogP contribution in [0.4, 0.5) is 13.2 Å². The summed E-state index contributed by atoms with van der Waals surface area (Å²) in [5.74, 6) is -1.62. The zero-order valence-electron chi connectivity index (χ0n) is 14.6. The minimum absolute atomic E-state index is 0. The Hall–Kier alpha value is -1.57. The van der Waals surface area contributed by atoms with Crippen LogP contribution in [0.5, 0.6) is 0 Å². The van der Waals surface area contributed by atoms with Gasteiger partial charge in [-0.3, -0.25) is 0 Å². The van der Waals surface area contributed by atoms with Crippen molar-refractivity contribution in [3.05, 3.63) is 65.5 Å². The third kappa shape index (κ3) is 5.24. The van der Waals surface area contributed by atoms with Crippen molar-refractivity contribution in [1.29, 1.82) is 0 Å². The minimum atomic E-state index is -3.48. The number of piperidine rings is 1. The van der Waals surface area contributed by atoms with Gasteiger partial charge in [-0.15, -0.1) is 12.4 Å². The topological polar surface area (TPSA) is 37.4 Å². The van der Waals surface area contributed by atoms with E-state index in [0.29, 0.717) is 44.5 Å². The van der Waals surface area contributed by atoms with Crippen molar-refractivity contribution in [2.45, 2.75) is 29.4 Å². The van der Waals surface area contributed by atoms with Gasteiger partial charge in [0.25, 0.3) is 0 Å². The quantitative estimate of drug-likeness (QED) is 0.687. The molecule has 0 aliphatic carbocycles. The molecular weight excluding hydrogens is 399 g/mol. The van der Waals surface area contributed by atoms with E-state index in [1.165, 1.54) is 24.3 Å². The Morgan fingerprint density at radius 3 is 2.11 bits per heavy atom. The highest BCUT2D eigenvalue weighted by atomic mass is 35.5. The first-order chi connectivity index (χ1) is 12.4. The van der Waals surface area contributed by atoms with Crippen LogP contribution in [0.15, 0.2) is 47.4 Å². The van der Waals surface area contributed by atoms with Crippen LogP contribution in [0.25, 0.3) is 0 Å². The van der Waals surface area contributed by atoms with Gasteiger partial charge in [-0.05, 0) is 68.2 Å². The van der Waals surface area contributed by atoms with Crippen molar-refractivity contribution in [3.8, 4) is 0 Å². The van der Waals surface area contributed by atoms with Crippen LogP contribution in [-0.4, -0.2) is 38.2 Å². The van der Waals surface area contributed by atoms with E-state index in [2.05, 4.69) is 4.90 Å². The Balaban J connectivity index is 0.00000261. The van der Waals surface area contributed by atoms with Crippen molar-refractivity contribution in [2.24, 2.45) is 0 Å². The Labute approximate surface area is 163 Å². The van der Waals surface area contributed by atoms with Crippen LogP contribution in [-0.2, 0) is 16.3 Å². The van der Waals surface area contributed by atoms with Crippen LogP contribution in [0.2, 0.25) is 0 Å². The number of sulfone groups is 1. The molecular formula is C19H21ClF3NO2S. The van der Waals surface area contributed by atoms with E-state index in [-0.39, 0.29) is 17.3 Å². The average Bonchev–Trinajstić information content (AvgIpc) is 2.62. The monoisotopic (exact) mass is 419 g/mol. The van der Waals surface area contributed by atoms with Crippen LogP contribution >= 0.6 is 12.4 Å². The standard InChI is InChI=1S/C19H20F3NO2S.ClH/c20-15-3-5-17(6-4-15)26(24,25)18-8-11-23(12-9-18)10-7-14-1-2-16(21)13-19(14)22;/h1-6,13,18H,7-12H2;1H. The number of nitrogens with zero attached hydrogens (tertiary/aromatic N) is 1. The Bertz CT molecular complexity index is 867. The molecule has 3 nitrogen and oxygen atoms in total. The van der Waals surface area contributed by atoms with Gasteiger partial charge in [0.15, 0.2) is 9.84 Å². The minimum Gasteiger partial charge on any atom is -0.303 e. The zero-order valence-corrected chi connectivity index (χ0v) is 16.2. The maximum absolute atomic E-state index is 13.7. The van der Waals surface area contributed by atoms with E-state index in [0.717, 1.165) is 18.2 Å². The van der Waals surface area contributed by atoms with Gasteiger partial charge in [-0.2, -0.15) is 0 Å². The van der Waals surface area contributed by atoms with E-state index in [1.807, 2.05) is 0 Å². The lowest BCUT2D eigenvalue weighted by Gasteiger charge is -2.31. The molecule has 0 spiro atoms. The summed E-state index contributed by atoms with van der Waals surface area (Å²) in [6.45, 7) is 1.77. The molecule has 0 unspecified atom stereocenters. The summed E-state index contributed by atoms with van der Waals surface area (Å²) in [6, 6.07) is 8.45. The van der Waals surface area contributed by atoms with E-state index in [1.54, 1.807) is 0 Å². The van der Waals surface area contributed by atoms with E-state index < -0.39 is 32.5 Å². The molecule has 1 heterocycles. The maximum atomic E-state index is 13.7. The van der Waals surface area contributed by atoms with Gasteiger partial charge >= 0.3 is 0 Å². The van der Waals surface area contributed by atoms with Crippen molar-refractivity contribution < 1.29 is 21.6 Å². The van der Waals surface area contributed by atoms with Crippen molar-refractivity contribution >= 4 is 22.2 Å². The molecule has 3 rings (SSSR count). The lowest BCUT2D eigenvalue weighted by atomic mass is 10.1. The number of hydrogen-bond donors (Lipinski definition) is 0. The molecule has 1 aliphatic heterocycles. The fourth-order valence-corrected chi connectivity index (χ4v) is 4.99. The molecule has 0 amide bonds. The second-order valence-electron chi connectivity index (χ2n) is 6.53. The molecule has 1 saturated heterocycles. The second-order valence-corrected chi connectivity index (χ2v) is 8.75. The molecule has 0 N–H and O–H groups in total. The van der Waals surface area contributed by atoms with E-state index in [9.17, 15) is 21.6 Å². The molecule has 148 valence electrons. The normalized spacial score (nSPS) is 16.1. The van der Waals surface area contributed by atoms with Gasteiger partial charge in [0.05, 0.1) is 10.1 Å². The molecule has 0 radical (unpaired) electrons. The second kappa shape index (κ2) is 9.08. The Morgan fingerprint density at radius 1 is 0.926 bits per heavy atom. The zero-order chi connectivity index (χ0) is 18.7. The number of rotatable bonds is 5. The molecule has 1 fully saturated rings. The van der Waals surface area contributed by atoms with Crippen LogP contribution in [0, 0.1) is 17.5 Å². The smallest absolute Gasteiger partial charge is 0.181 e. The number of halogens is 4. The molecule has 8 heteroatoms. The predicted octanol–water partition coefficient (Wildman–Crippen LogP) is 4.01.